The quantitative estimate of drug-likeness (QED) is 0.0881. The number of ether oxygens (including phenoxy) is 3. The minimum absolute atomic E-state index is 0.0505. The number of furan rings is 1. The number of methoxy groups -OCH3 is 2. The number of aromatic nitrogens is 2. The smallest absolute Gasteiger partial charge is 0.432 e. The maximum atomic E-state index is 14.6. The van der Waals surface area contributed by atoms with Crippen molar-refractivity contribution in [3.05, 3.63) is 82.9 Å². The Labute approximate surface area is 331 Å². The van der Waals surface area contributed by atoms with Gasteiger partial charge in [-0.3, -0.25) is 9.59 Å². The largest absolute Gasteiger partial charge is 0.493 e. The second-order valence-electron chi connectivity index (χ2n) is 14.0. The van der Waals surface area contributed by atoms with Crippen molar-refractivity contribution in [1.29, 1.82) is 0 Å². The number of hydrogen-bond acceptors (Lipinski definition) is 9. The van der Waals surface area contributed by atoms with Gasteiger partial charge >= 0.3 is 18.2 Å². The molecule has 3 amide bonds. The number of alkyl halides is 4. The molecule has 3 aromatic carbocycles. The first kappa shape index (κ1) is 38.7. The Bertz CT molecular complexity index is 2630. The van der Waals surface area contributed by atoms with Crippen molar-refractivity contribution in [3.63, 3.8) is 0 Å². The molecule has 1 fully saturated rings. The SMILES string of the molecule is COC(=O)c1c(C(F)(F)F)[nH]c2c(OC(=O)N3CCCCC3CO)cc3c(c12)[C@H](CCl)CN3C(=O)c1cc2cc(NC(=O)c3cc4cccc(OC)c4o3)ccc2[nH]1. The van der Waals surface area contributed by atoms with Gasteiger partial charge in [0.15, 0.2) is 22.8 Å². The van der Waals surface area contributed by atoms with Gasteiger partial charge in [-0.15, -0.1) is 11.6 Å². The standard InChI is InChI=1S/C40H35ClF3N5O9/c1-55-27-8-5-6-19-14-29(57-34(19)27)36(51)45-22-9-10-24-20(12-22)13-25(46-24)37(52)49-17-21(16-41)30-26(49)15-28(58-39(54)48-11-4-3-7-23(48)18-50)33-31(30)32(38(53)56-2)35(47-33)40(42,43)44/h5-6,8-10,12-15,21,23,46-47,50H,3-4,7,11,16-18H2,1-2H3,(H,45,51)/t21-,23?/m1/s1. The first-order chi connectivity index (χ1) is 27.8. The summed E-state index contributed by atoms with van der Waals surface area (Å²) >= 11 is 6.42. The zero-order valence-corrected chi connectivity index (χ0v) is 31.7. The van der Waals surface area contributed by atoms with Gasteiger partial charge < -0.3 is 48.8 Å². The number of benzene rings is 3. The van der Waals surface area contributed by atoms with Crippen molar-refractivity contribution in [2.45, 2.75) is 37.4 Å². The van der Waals surface area contributed by atoms with Crippen LogP contribution in [0.4, 0.5) is 29.3 Å². The monoisotopic (exact) mass is 821 g/mol. The number of nitrogens with one attached hydrogen (secondary N) is 3. The lowest BCUT2D eigenvalue weighted by atomic mass is 9.95. The number of H-pyrrole nitrogens is 2. The number of aliphatic hydroxyl groups excluding tert-OH is 1. The van der Waals surface area contributed by atoms with Gasteiger partial charge in [0.1, 0.15) is 11.4 Å². The van der Waals surface area contributed by atoms with Gasteiger partial charge in [0, 0.05) is 58.3 Å². The summed E-state index contributed by atoms with van der Waals surface area (Å²) in [6, 6.07) is 14.0. The van der Waals surface area contributed by atoms with Gasteiger partial charge in [-0.05, 0) is 61.2 Å². The van der Waals surface area contributed by atoms with Crippen molar-refractivity contribution >= 4 is 79.6 Å². The summed E-state index contributed by atoms with van der Waals surface area (Å²) in [7, 11) is 2.43. The van der Waals surface area contributed by atoms with Crippen LogP contribution in [0.5, 0.6) is 11.5 Å². The van der Waals surface area contributed by atoms with Crippen molar-refractivity contribution in [3.8, 4) is 11.5 Å². The average Bonchev–Trinajstić information content (AvgIpc) is 4.02. The van der Waals surface area contributed by atoms with Crippen LogP contribution in [0.1, 0.15) is 67.8 Å². The molecule has 2 aliphatic rings. The van der Waals surface area contributed by atoms with E-state index < -0.39 is 53.3 Å². The number of amides is 3. The number of carbonyl (C=O) groups is 4. The van der Waals surface area contributed by atoms with Crippen LogP contribution in [0.15, 0.2) is 59.0 Å². The van der Waals surface area contributed by atoms with E-state index in [0.717, 1.165) is 13.5 Å². The van der Waals surface area contributed by atoms with Gasteiger partial charge in [-0.2, -0.15) is 13.2 Å². The van der Waals surface area contributed by atoms with E-state index in [9.17, 15) is 37.5 Å². The highest BCUT2D eigenvalue weighted by atomic mass is 35.5. The van der Waals surface area contributed by atoms with Crippen molar-refractivity contribution in [2.24, 2.45) is 0 Å². The molecule has 6 aromatic rings. The maximum absolute atomic E-state index is 14.6. The van der Waals surface area contributed by atoms with E-state index in [2.05, 4.69) is 15.3 Å². The number of piperidine rings is 1. The van der Waals surface area contributed by atoms with E-state index >= 15 is 0 Å². The van der Waals surface area contributed by atoms with E-state index in [0.29, 0.717) is 46.2 Å². The third-order valence-corrected chi connectivity index (χ3v) is 11.0. The van der Waals surface area contributed by atoms with E-state index in [1.807, 2.05) is 0 Å². The summed E-state index contributed by atoms with van der Waals surface area (Å²) in [5, 5.41) is 13.7. The third-order valence-electron chi connectivity index (χ3n) is 10.6. The molecule has 0 saturated carbocycles. The molecule has 2 aliphatic heterocycles. The predicted molar refractivity (Wildman–Crippen MR) is 206 cm³/mol. The molecule has 302 valence electrons. The molecule has 1 saturated heterocycles. The Kier molecular flexibility index (Phi) is 9.97. The molecule has 0 spiro atoms. The molecular formula is C40H35ClF3N5O9. The number of carbonyl (C=O) groups excluding carboxylic acids is 4. The van der Waals surface area contributed by atoms with E-state index in [1.165, 1.54) is 23.0 Å². The summed E-state index contributed by atoms with van der Waals surface area (Å²) in [6.45, 7) is -0.213. The van der Waals surface area contributed by atoms with Gasteiger partial charge in [0.2, 0.25) is 0 Å². The Morgan fingerprint density at radius 3 is 2.55 bits per heavy atom. The molecule has 8 rings (SSSR count). The Balaban J connectivity index is 1.17. The number of rotatable bonds is 8. The average molecular weight is 822 g/mol. The molecule has 18 heteroatoms. The zero-order chi connectivity index (χ0) is 41.0. The summed E-state index contributed by atoms with van der Waals surface area (Å²) < 4.78 is 65.4. The van der Waals surface area contributed by atoms with E-state index in [4.69, 9.17) is 30.2 Å². The van der Waals surface area contributed by atoms with Crippen LogP contribution in [0, 0.1) is 0 Å². The fourth-order valence-corrected chi connectivity index (χ4v) is 8.13. The molecule has 3 aromatic heterocycles. The lowest BCUT2D eigenvalue weighted by Gasteiger charge is -2.33. The number of hydrogen-bond donors (Lipinski definition) is 4. The Morgan fingerprint density at radius 1 is 1.02 bits per heavy atom. The fraction of sp³-hybridized carbons (Fsp3) is 0.300. The van der Waals surface area contributed by atoms with E-state index in [-0.39, 0.29) is 64.9 Å². The van der Waals surface area contributed by atoms with E-state index in [1.54, 1.807) is 48.5 Å². The minimum Gasteiger partial charge on any atom is -0.493 e. The number of anilines is 2. The summed E-state index contributed by atoms with van der Waals surface area (Å²) in [5.41, 5.74) is -0.950. The van der Waals surface area contributed by atoms with Gasteiger partial charge in [0.25, 0.3) is 11.8 Å². The van der Waals surface area contributed by atoms with Gasteiger partial charge in [-0.25, -0.2) is 9.59 Å². The highest BCUT2D eigenvalue weighted by Gasteiger charge is 2.44. The summed E-state index contributed by atoms with van der Waals surface area (Å²) in [6.07, 6.45) is -4.13. The molecule has 0 aliphatic carbocycles. The van der Waals surface area contributed by atoms with Crippen LogP contribution in [-0.2, 0) is 10.9 Å². The van der Waals surface area contributed by atoms with Gasteiger partial charge in [-0.1, -0.05) is 12.1 Å². The highest BCUT2D eigenvalue weighted by Crippen LogP contribution is 2.50. The topological polar surface area (TPSA) is 179 Å². The Hall–Kier alpha value is -6.20. The van der Waals surface area contributed by atoms with Crippen LogP contribution >= 0.6 is 11.6 Å². The van der Waals surface area contributed by atoms with Crippen molar-refractivity contribution in [1.82, 2.24) is 14.9 Å². The number of aliphatic hydroxyl groups is 1. The number of esters is 1. The highest BCUT2D eigenvalue weighted by molar-refractivity contribution is 6.20. The molecule has 0 bridgehead atoms. The molecule has 1 unspecified atom stereocenters. The fourth-order valence-electron chi connectivity index (χ4n) is 7.88. The first-order valence-corrected chi connectivity index (χ1v) is 18.7. The molecular weight excluding hydrogens is 787 g/mol. The predicted octanol–water partition coefficient (Wildman–Crippen LogP) is 7.79. The van der Waals surface area contributed by atoms with Gasteiger partial charge in [0.05, 0.1) is 43.6 Å². The molecule has 0 radical (unpaired) electrons. The Morgan fingerprint density at radius 2 is 1.83 bits per heavy atom. The summed E-state index contributed by atoms with van der Waals surface area (Å²) in [5.74, 6) is -3.22. The molecule has 58 heavy (non-hydrogen) atoms. The molecule has 5 heterocycles. The lowest BCUT2D eigenvalue weighted by molar-refractivity contribution is -0.141. The van der Waals surface area contributed by atoms with Crippen LogP contribution in [0.25, 0.3) is 32.8 Å². The van der Waals surface area contributed by atoms with Crippen LogP contribution < -0.4 is 19.7 Å². The molecule has 2 atom stereocenters. The number of nitrogens with zero attached hydrogens (tertiary/aromatic N) is 2. The van der Waals surface area contributed by atoms with Crippen molar-refractivity contribution in [2.75, 3.05) is 50.0 Å². The molecule has 14 nitrogen and oxygen atoms in total. The van der Waals surface area contributed by atoms with Crippen LogP contribution in [0.2, 0.25) is 0 Å². The summed E-state index contributed by atoms with van der Waals surface area (Å²) in [4.78, 5) is 62.2. The van der Waals surface area contributed by atoms with Crippen LogP contribution in [-0.4, -0.2) is 89.7 Å². The normalized spacial score (nSPS) is 16.9. The number of aromatic amines is 2. The third kappa shape index (κ3) is 6.62. The minimum atomic E-state index is -5.07. The second-order valence-corrected chi connectivity index (χ2v) is 14.3. The lowest BCUT2D eigenvalue weighted by Crippen LogP contribution is -2.46. The number of fused-ring (bicyclic) bond motifs is 5. The molecule has 4 N–H and O–H groups in total. The first-order valence-electron chi connectivity index (χ1n) is 18.2. The number of para-hydroxylation sites is 1. The van der Waals surface area contributed by atoms with Crippen molar-refractivity contribution < 1.29 is 56.1 Å². The number of likely N-dealkylation sites (tertiary alicyclic amines) is 1. The van der Waals surface area contributed by atoms with Crippen LogP contribution in [0.3, 0.4) is 0 Å². The maximum Gasteiger partial charge on any atom is 0.432 e. The second kappa shape index (κ2) is 14.9. The zero-order valence-electron chi connectivity index (χ0n) is 30.9. The number of halogens is 4.